The first-order valence-corrected chi connectivity index (χ1v) is 7.05. The van der Waals surface area contributed by atoms with Gasteiger partial charge in [0.15, 0.2) is 0 Å². The summed E-state index contributed by atoms with van der Waals surface area (Å²) < 4.78 is 2.07. The maximum atomic E-state index is 4.30. The van der Waals surface area contributed by atoms with Gasteiger partial charge in [-0.25, -0.2) is 0 Å². The van der Waals surface area contributed by atoms with Crippen LogP contribution in [-0.4, -0.2) is 15.8 Å². The number of rotatable bonds is 9. The van der Waals surface area contributed by atoms with Crippen molar-refractivity contribution in [3.63, 3.8) is 0 Å². The highest BCUT2D eigenvalue weighted by atomic mass is 15.3. The van der Waals surface area contributed by atoms with Crippen LogP contribution in [0.15, 0.2) is 12.3 Å². The Labute approximate surface area is 106 Å². The molecule has 1 aromatic heterocycles. The quantitative estimate of drug-likeness (QED) is 0.714. The van der Waals surface area contributed by atoms with E-state index in [9.17, 15) is 0 Å². The first-order valence-electron chi connectivity index (χ1n) is 7.05. The smallest absolute Gasteiger partial charge is 0.0522 e. The van der Waals surface area contributed by atoms with Crippen molar-refractivity contribution in [1.29, 1.82) is 0 Å². The topological polar surface area (TPSA) is 29.9 Å². The molecule has 0 fully saturated rings. The maximum Gasteiger partial charge on any atom is 0.0522 e. The third kappa shape index (κ3) is 4.90. The Morgan fingerprint density at radius 3 is 2.71 bits per heavy atom. The van der Waals surface area contributed by atoms with Gasteiger partial charge in [-0.1, -0.05) is 33.1 Å². The average Bonchev–Trinajstić information content (AvgIpc) is 2.80. The largest absolute Gasteiger partial charge is 0.308 e. The molecule has 1 rings (SSSR count). The second-order valence-electron chi connectivity index (χ2n) is 4.65. The Morgan fingerprint density at radius 2 is 2.06 bits per heavy atom. The zero-order valence-electron chi connectivity index (χ0n) is 11.6. The van der Waals surface area contributed by atoms with E-state index in [2.05, 4.69) is 41.9 Å². The molecule has 0 saturated carbocycles. The fraction of sp³-hybridized carbons (Fsp3) is 0.786. The van der Waals surface area contributed by atoms with Gasteiger partial charge < -0.3 is 5.32 Å². The van der Waals surface area contributed by atoms with Gasteiger partial charge in [0.05, 0.1) is 5.69 Å². The molecule has 0 radical (unpaired) electrons. The molecule has 1 atom stereocenters. The van der Waals surface area contributed by atoms with Crippen LogP contribution >= 0.6 is 0 Å². The summed E-state index contributed by atoms with van der Waals surface area (Å²) in [5.41, 5.74) is 1.30. The van der Waals surface area contributed by atoms with Crippen molar-refractivity contribution >= 4 is 0 Å². The molecule has 0 amide bonds. The molecule has 1 N–H and O–H groups in total. The van der Waals surface area contributed by atoms with Crippen LogP contribution in [-0.2, 0) is 13.1 Å². The fourth-order valence-electron chi connectivity index (χ4n) is 2.19. The van der Waals surface area contributed by atoms with E-state index in [4.69, 9.17) is 0 Å². The second kappa shape index (κ2) is 8.29. The Hall–Kier alpha value is -0.830. The number of nitrogens with zero attached hydrogens (tertiary/aromatic N) is 2. The molecule has 0 aliphatic carbocycles. The monoisotopic (exact) mass is 237 g/mol. The summed E-state index contributed by atoms with van der Waals surface area (Å²) in [5, 5.41) is 7.97. The van der Waals surface area contributed by atoms with Crippen molar-refractivity contribution in [3.8, 4) is 0 Å². The molecule has 0 saturated heterocycles. The van der Waals surface area contributed by atoms with Gasteiger partial charge in [0, 0.05) is 25.3 Å². The number of aryl methyl sites for hydroxylation is 1. The number of unbranched alkanes of at least 4 members (excludes halogenated alkanes) is 1. The van der Waals surface area contributed by atoms with Crippen LogP contribution in [0.1, 0.15) is 58.6 Å². The van der Waals surface area contributed by atoms with Crippen LogP contribution in [0.2, 0.25) is 0 Å². The van der Waals surface area contributed by atoms with Crippen molar-refractivity contribution < 1.29 is 0 Å². The van der Waals surface area contributed by atoms with Crippen molar-refractivity contribution in [2.45, 2.75) is 72.0 Å². The van der Waals surface area contributed by atoms with Gasteiger partial charge in [-0.05, 0) is 25.8 Å². The minimum atomic E-state index is 0.667. The van der Waals surface area contributed by atoms with E-state index in [-0.39, 0.29) is 0 Å². The lowest BCUT2D eigenvalue weighted by Gasteiger charge is -2.18. The Balaban J connectivity index is 2.39. The molecule has 3 nitrogen and oxygen atoms in total. The molecule has 0 aromatic carbocycles. The van der Waals surface area contributed by atoms with Crippen LogP contribution in [0.25, 0.3) is 0 Å². The van der Waals surface area contributed by atoms with Gasteiger partial charge in [-0.15, -0.1) is 0 Å². The van der Waals surface area contributed by atoms with E-state index in [0.29, 0.717) is 6.04 Å². The molecule has 0 aliphatic heterocycles. The molecule has 17 heavy (non-hydrogen) atoms. The normalized spacial score (nSPS) is 12.9. The number of aromatic nitrogens is 2. The van der Waals surface area contributed by atoms with Gasteiger partial charge in [-0.3, -0.25) is 4.68 Å². The molecule has 0 bridgehead atoms. The molecule has 0 spiro atoms. The highest BCUT2D eigenvalue weighted by molar-refractivity contribution is 5.00. The van der Waals surface area contributed by atoms with Gasteiger partial charge >= 0.3 is 0 Å². The molecule has 1 unspecified atom stereocenters. The number of hydrogen-bond donors (Lipinski definition) is 1. The Kier molecular flexibility index (Phi) is 6.94. The summed E-state index contributed by atoms with van der Waals surface area (Å²) in [6, 6.07) is 2.78. The van der Waals surface area contributed by atoms with Crippen LogP contribution in [0.4, 0.5) is 0 Å². The predicted molar refractivity (Wildman–Crippen MR) is 73.0 cm³/mol. The molecule has 98 valence electrons. The average molecular weight is 237 g/mol. The molecular formula is C14H27N3. The zero-order valence-corrected chi connectivity index (χ0v) is 11.6. The van der Waals surface area contributed by atoms with Gasteiger partial charge in [0.1, 0.15) is 0 Å². The highest BCUT2D eigenvalue weighted by Crippen LogP contribution is 2.08. The zero-order chi connectivity index (χ0) is 12.5. The summed E-state index contributed by atoms with van der Waals surface area (Å²) in [5.74, 6) is 0. The van der Waals surface area contributed by atoms with Crippen LogP contribution in [0.5, 0.6) is 0 Å². The van der Waals surface area contributed by atoms with Gasteiger partial charge in [0.25, 0.3) is 0 Å². The number of nitrogens with one attached hydrogen (secondary N) is 1. The summed E-state index contributed by atoms with van der Waals surface area (Å²) >= 11 is 0. The van der Waals surface area contributed by atoms with E-state index in [1.165, 1.54) is 37.8 Å². The van der Waals surface area contributed by atoms with Crippen molar-refractivity contribution in [3.05, 3.63) is 18.0 Å². The molecule has 1 aromatic rings. The minimum absolute atomic E-state index is 0.667. The summed E-state index contributed by atoms with van der Waals surface area (Å²) in [6.07, 6.45) is 8.33. The predicted octanol–water partition coefficient (Wildman–Crippen LogP) is 3.35. The lowest BCUT2D eigenvalue weighted by molar-refractivity contribution is 0.424. The summed E-state index contributed by atoms with van der Waals surface area (Å²) in [7, 11) is 0. The third-order valence-electron chi connectivity index (χ3n) is 3.22. The first-order chi connectivity index (χ1) is 8.31. The molecule has 1 heterocycles. The maximum absolute atomic E-state index is 4.30. The Morgan fingerprint density at radius 1 is 1.24 bits per heavy atom. The Bertz CT molecular complexity index is 293. The number of hydrogen-bond acceptors (Lipinski definition) is 2. The third-order valence-corrected chi connectivity index (χ3v) is 3.22. The van der Waals surface area contributed by atoms with E-state index < -0.39 is 0 Å². The van der Waals surface area contributed by atoms with Gasteiger partial charge in [-0.2, -0.15) is 5.10 Å². The van der Waals surface area contributed by atoms with Gasteiger partial charge in [0.2, 0.25) is 0 Å². The van der Waals surface area contributed by atoms with E-state index in [0.717, 1.165) is 13.1 Å². The van der Waals surface area contributed by atoms with Crippen molar-refractivity contribution in [1.82, 2.24) is 15.1 Å². The van der Waals surface area contributed by atoms with E-state index in [1.807, 2.05) is 6.20 Å². The highest BCUT2D eigenvalue weighted by Gasteiger charge is 2.08. The molecular weight excluding hydrogens is 210 g/mol. The first kappa shape index (κ1) is 14.2. The summed E-state index contributed by atoms with van der Waals surface area (Å²) in [4.78, 5) is 0. The lowest BCUT2D eigenvalue weighted by Crippen LogP contribution is -2.29. The van der Waals surface area contributed by atoms with Crippen molar-refractivity contribution in [2.24, 2.45) is 0 Å². The lowest BCUT2D eigenvalue weighted by atomic mass is 10.1. The van der Waals surface area contributed by atoms with Crippen LogP contribution in [0.3, 0.4) is 0 Å². The molecule has 3 heteroatoms. The standard InChI is InChI=1S/C14H27N3/c1-4-7-9-13(8-5-2)15-12-14-10-11-16-17(14)6-3/h10-11,13,15H,4-9,12H2,1-3H3. The second-order valence-corrected chi connectivity index (χ2v) is 4.65. The fourth-order valence-corrected chi connectivity index (χ4v) is 2.19. The molecule has 0 aliphatic rings. The van der Waals surface area contributed by atoms with Crippen LogP contribution < -0.4 is 5.32 Å². The minimum Gasteiger partial charge on any atom is -0.308 e. The van der Waals surface area contributed by atoms with E-state index >= 15 is 0 Å². The SMILES string of the molecule is CCCCC(CCC)NCc1ccnn1CC. The van der Waals surface area contributed by atoms with Crippen molar-refractivity contribution in [2.75, 3.05) is 0 Å². The van der Waals surface area contributed by atoms with Crippen LogP contribution in [0, 0.1) is 0 Å². The summed E-state index contributed by atoms with van der Waals surface area (Å²) in [6.45, 7) is 8.56. The van der Waals surface area contributed by atoms with E-state index in [1.54, 1.807) is 0 Å².